The lowest BCUT2D eigenvalue weighted by molar-refractivity contribution is 0.999. The molecule has 0 aliphatic heterocycles. The topological polar surface area (TPSA) is 0 Å². The first-order chi connectivity index (χ1) is 14.0. The fourth-order valence-electron chi connectivity index (χ4n) is 1.78. The minimum absolute atomic E-state index is 1.03. The highest BCUT2D eigenvalue weighted by molar-refractivity contribution is 5.15. The fourth-order valence-corrected chi connectivity index (χ4v) is 1.78. The molecule has 0 fully saturated rings. The van der Waals surface area contributed by atoms with Crippen molar-refractivity contribution in [2.75, 3.05) is 0 Å². The summed E-state index contributed by atoms with van der Waals surface area (Å²) in [5.74, 6) is 0. The van der Waals surface area contributed by atoms with Crippen LogP contribution in [0.15, 0.2) is 108 Å². The van der Waals surface area contributed by atoms with Gasteiger partial charge in [0.1, 0.15) is 0 Å². The van der Waals surface area contributed by atoms with Crippen LogP contribution < -0.4 is 0 Å². The van der Waals surface area contributed by atoms with Crippen LogP contribution in [-0.2, 0) is 0 Å². The van der Waals surface area contributed by atoms with Crippen molar-refractivity contribution in [3.05, 3.63) is 108 Å². The fraction of sp³-hybridized carbons (Fsp3) is 0.400. The van der Waals surface area contributed by atoms with Gasteiger partial charge in [-0.25, -0.2) is 0 Å². The zero-order valence-electron chi connectivity index (χ0n) is 21.3. The van der Waals surface area contributed by atoms with Crippen molar-refractivity contribution in [2.45, 2.75) is 81.1 Å². The van der Waals surface area contributed by atoms with Gasteiger partial charge >= 0.3 is 0 Å². The van der Waals surface area contributed by atoms with E-state index >= 15 is 0 Å². The van der Waals surface area contributed by atoms with Crippen LogP contribution >= 0.6 is 0 Å². The summed E-state index contributed by atoms with van der Waals surface area (Å²) >= 11 is 0. The minimum Gasteiger partial charge on any atom is -0.0988 e. The number of hydrogen-bond acceptors (Lipinski definition) is 0. The summed E-state index contributed by atoms with van der Waals surface area (Å²) in [6.45, 7) is 31.6. The highest BCUT2D eigenvalue weighted by atomic mass is 13.9. The van der Waals surface area contributed by atoms with Crippen LogP contribution in [0.3, 0.4) is 0 Å². The van der Waals surface area contributed by atoms with Crippen LogP contribution in [0.25, 0.3) is 0 Å². The second-order valence-corrected chi connectivity index (χ2v) is 8.02. The summed E-state index contributed by atoms with van der Waals surface area (Å²) in [4.78, 5) is 0. The monoisotopic (exact) mass is 408 g/mol. The molecule has 0 aromatic heterocycles. The normalized spacial score (nSPS) is 10.1. The van der Waals surface area contributed by atoms with Gasteiger partial charge < -0.3 is 0 Å². The van der Waals surface area contributed by atoms with Gasteiger partial charge in [-0.2, -0.15) is 0 Å². The smallest absolute Gasteiger partial charge is 0.0161 e. The summed E-state index contributed by atoms with van der Waals surface area (Å²) in [6.07, 6.45) is 20.7. The molecular formula is C30H48. The summed E-state index contributed by atoms with van der Waals surface area (Å²) in [6, 6.07) is 0. The number of hydrogen-bond donors (Lipinski definition) is 0. The summed E-state index contributed by atoms with van der Waals surface area (Å²) in [7, 11) is 0. The van der Waals surface area contributed by atoms with E-state index in [2.05, 4.69) is 112 Å². The lowest BCUT2D eigenvalue weighted by atomic mass is 10.1. The van der Waals surface area contributed by atoms with E-state index in [1.165, 1.54) is 27.9 Å². The Bertz CT molecular complexity index is 602. The number of allylic oxidation sites excluding steroid dienone is 14. The summed E-state index contributed by atoms with van der Waals surface area (Å²) in [5.41, 5.74) is 7.73. The Morgan fingerprint density at radius 1 is 0.533 bits per heavy atom. The lowest BCUT2D eigenvalue weighted by Crippen LogP contribution is -1.74. The Morgan fingerprint density at radius 3 is 1.17 bits per heavy atom. The van der Waals surface area contributed by atoms with Gasteiger partial charge in [-0.15, -0.1) is 0 Å². The van der Waals surface area contributed by atoms with Crippen molar-refractivity contribution in [3.63, 3.8) is 0 Å². The first kappa shape index (κ1) is 32.3. The molecule has 0 nitrogen and oxygen atoms in total. The van der Waals surface area contributed by atoms with E-state index in [0.29, 0.717) is 0 Å². The molecule has 0 N–H and O–H groups in total. The first-order valence-electron chi connectivity index (χ1n) is 10.8. The molecule has 0 bridgehead atoms. The highest BCUT2D eigenvalue weighted by Crippen LogP contribution is 2.05. The molecule has 0 aromatic rings. The Hall–Kier alpha value is -2.34. The Balaban J connectivity index is -0.000000364. The molecule has 0 saturated heterocycles. The molecule has 0 spiro atoms. The Labute approximate surface area is 189 Å². The molecule has 0 amide bonds. The van der Waals surface area contributed by atoms with Crippen molar-refractivity contribution < 1.29 is 0 Å². The molecular weight excluding hydrogens is 360 g/mol. The maximum Gasteiger partial charge on any atom is -0.0161 e. The van der Waals surface area contributed by atoms with E-state index in [1.807, 2.05) is 18.2 Å². The Morgan fingerprint density at radius 2 is 0.900 bits per heavy atom. The van der Waals surface area contributed by atoms with E-state index < -0.39 is 0 Å². The van der Waals surface area contributed by atoms with E-state index in [9.17, 15) is 0 Å². The second kappa shape index (κ2) is 22.9. The molecule has 168 valence electrons. The molecule has 0 aromatic carbocycles. The van der Waals surface area contributed by atoms with Gasteiger partial charge in [-0.1, -0.05) is 108 Å². The van der Waals surface area contributed by atoms with Gasteiger partial charge in [0.15, 0.2) is 0 Å². The third-order valence-corrected chi connectivity index (χ3v) is 3.88. The van der Waals surface area contributed by atoms with E-state index in [-0.39, 0.29) is 0 Å². The van der Waals surface area contributed by atoms with E-state index in [1.54, 1.807) is 0 Å². The molecule has 0 aliphatic rings. The van der Waals surface area contributed by atoms with Gasteiger partial charge in [0.25, 0.3) is 0 Å². The summed E-state index contributed by atoms with van der Waals surface area (Å²) < 4.78 is 0. The standard InChI is InChI=1S/3C10H16/c3*1-5-10(4)8-6-7-9(2)3/h2*5,7-8H,1,6H2,2-4H3;5,7H,1,4,6,8H2,2-3H3/b10-8+;10-8-;. The minimum atomic E-state index is 1.03. The van der Waals surface area contributed by atoms with Crippen LogP contribution in [0, 0.1) is 0 Å². The van der Waals surface area contributed by atoms with Crippen molar-refractivity contribution >= 4 is 0 Å². The van der Waals surface area contributed by atoms with Gasteiger partial charge in [0.2, 0.25) is 0 Å². The quantitative estimate of drug-likeness (QED) is 0.249. The van der Waals surface area contributed by atoms with Crippen molar-refractivity contribution in [3.8, 4) is 0 Å². The molecule has 0 aliphatic carbocycles. The predicted octanol–water partition coefficient (Wildman–Crippen LogP) is 10.4. The van der Waals surface area contributed by atoms with E-state index in [0.717, 1.165) is 31.3 Å². The number of rotatable bonds is 10. The average Bonchev–Trinajstić information content (AvgIpc) is 2.67. The molecule has 30 heavy (non-hydrogen) atoms. The third kappa shape index (κ3) is 33.3. The van der Waals surface area contributed by atoms with Gasteiger partial charge in [-0.05, 0) is 81.1 Å². The molecule has 0 heteroatoms. The third-order valence-electron chi connectivity index (χ3n) is 3.88. The van der Waals surface area contributed by atoms with Crippen molar-refractivity contribution in [2.24, 2.45) is 0 Å². The predicted molar refractivity (Wildman–Crippen MR) is 144 cm³/mol. The SMILES string of the molecule is C=C/C(C)=C/CC=C(C)C.C=C/C(C)=C\CC=C(C)C.C=CC(=C)CCC=C(C)C. The van der Waals surface area contributed by atoms with Crippen molar-refractivity contribution in [1.82, 2.24) is 0 Å². The van der Waals surface area contributed by atoms with Crippen LogP contribution in [0.2, 0.25) is 0 Å². The zero-order chi connectivity index (χ0) is 23.9. The van der Waals surface area contributed by atoms with Gasteiger partial charge in [0.05, 0.1) is 0 Å². The highest BCUT2D eigenvalue weighted by Gasteiger charge is 1.85. The van der Waals surface area contributed by atoms with Crippen molar-refractivity contribution in [1.29, 1.82) is 0 Å². The summed E-state index contributed by atoms with van der Waals surface area (Å²) in [5, 5.41) is 0. The van der Waals surface area contributed by atoms with Crippen LogP contribution in [0.4, 0.5) is 0 Å². The molecule has 0 unspecified atom stereocenters. The molecule has 0 heterocycles. The first-order valence-corrected chi connectivity index (χ1v) is 10.8. The maximum absolute atomic E-state index is 3.82. The lowest BCUT2D eigenvalue weighted by Gasteiger charge is -1.94. The molecule has 0 saturated carbocycles. The maximum atomic E-state index is 3.82. The van der Waals surface area contributed by atoms with Gasteiger partial charge in [-0.3, -0.25) is 0 Å². The van der Waals surface area contributed by atoms with Crippen LogP contribution in [0.5, 0.6) is 0 Å². The van der Waals surface area contributed by atoms with E-state index in [4.69, 9.17) is 0 Å². The largest absolute Gasteiger partial charge is 0.0988 e. The van der Waals surface area contributed by atoms with Gasteiger partial charge in [0, 0.05) is 0 Å². The average molecular weight is 409 g/mol. The molecule has 0 rings (SSSR count). The Kier molecular flexibility index (Phi) is 24.7. The molecule has 0 radical (unpaired) electrons. The molecule has 0 atom stereocenters. The zero-order valence-corrected chi connectivity index (χ0v) is 21.3. The van der Waals surface area contributed by atoms with Crippen LogP contribution in [-0.4, -0.2) is 0 Å². The second-order valence-electron chi connectivity index (χ2n) is 8.02. The van der Waals surface area contributed by atoms with Crippen LogP contribution in [0.1, 0.15) is 81.1 Å².